The molecule has 0 aliphatic carbocycles. The zero-order chi connectivity index (χ0) is 15.7. The van der Waals surface area contributed by atoms with Crippen molar-refractivity contribution in [1.82, 2.24) is 5.32 Å². The topological polar surface area (TPSA) is 69.6 Å². The second-order valence-corrected chi connectivity index (χ2v) is 5.58. The van der Waals surface area contributed by atoms with E-state index in [1.165, 1.54) is 12.1 Å². The predicted molar refractivity (Wildman–Crippen MR) is 86.2 cm³/mol. The largest absolute Gasteiger partial charge is 0.507 e. The summed E-state index contributed by atoms with van der Waals surface area (Å²) in [6.07, 6.45) is 1.45. The van der Waals surface area contributed by atoms with Crippen molar-refractivity contribution in [2.75, 3.05) is 4.90 Å². The van der Waals surface area contributed by atoms with Gasteiger partial charge in [-0.3, -0.25) is 4.79 Å². The lowest BCUT2D eigenvalue weighted by molar-refractivity contribution is -0.113. The SMILES string of the molecule is O=C1N/C(=C/c2cc(Br)ccc2O)C(=O)N1c1ccccc1. The maximum atomic E-state index is 12.4. The van der Waals surface area contributed by atoms with Crippen LogP contribution in [0.15, 0.2) is 58.7 Å². The van der Waals surface area contributed by atoms with Crippen LogP contribution in [0.4, 0.5) is 10.5 Å². The number of para-hydroxylation sites is 1. The number of nitrogens with one attached hydrogen (secondary N) is 1. The highest BCUT2D eigenvalue weighted by molar-refractivity contribution is 9.10. The van der Waals surface area contributed by atoms with Crippen molar-refractivity contribution >= 4 is 39.6 Å². The Bertz CT molecular complexity index is 787. The first kappa shape index (κ1) is 14.3. The third-order valence-electron chi connectivity index (χ3n) is 3.18. The molecule has 5 nitrogen and oxygen atoms in total. The molecule has 110 valence electrons. The van der Waals surface area contributed by atoms with Crippen LogP contribution in [-0.2, 0) is 4.79 Å². The molecule has 0 saturated carbocycles. The summed E-state index contributed by atoms with van der Waals surface area (Å²) in [5, 5.41) is 12.3. The van der Waals surface area contributed by atoms with Crippen molar-refractivity contribution in [1.29, 1.82) is 0 Å². The fourth-order valence-corrected chi connectivity index (χ4v) is 2.52. The number of hydrogen-bond donors (Lipinski definition) is 2. The molecule has 1 heterocycles. The Morgan fingerprint density at radius 1 is 1.09 bits per heavy atom. The number of phenols is 1. The highest BCUT2D eigenvalue weighted by Gasteiger charge is 2.34. The number of hydrogen-bond acceptors (Lipinski definition) is 3. The van der Waals surface area contributed by atoms with Crippen molar-refractivity contribution in [2.24, 2.45) is 0 Å². The van der Waals surface area contributed by atoms with Gasteiger partial charge in [0, 0.05) is 10.0 Å². The molecule has 0 spiro atoms. The van der Waals surface area contributed by atoms with Crippen LogP contribution in [0.1, 0.15) is 5.56 Å². The van der Waals surface area contributed by atoms with E-state index in [0.717, 1.165) is 9.37 Å². The van der Waals surface area contributed by atoms with Gasteiger partial charge >= 0.3 is 6.03 Å². The molecule has 0 atom stereocenters. The van der Waals surface area contributed by atoms with Gasteiger partial charge in [-0.05, 0) is 36.4 Å². The van der Waals surface area contributed by atoms with Crippen LogP contribution in [0.5, 0.6) is 5.75 Å². The maximum Gasteiger partial charge on any atom is 0.333 e. The van der Waals surface area contributed by atoms with Crippen LogP contribution in [-0.4, -0.2) is 17.0 Å². The van der Waals surface area contributed by atoms with E-state index in [1.807, 2.05) is 0 Å². The number of carbonyl (C=O) groups is 2. The summed E-state index contributed by atoms with van der Waals surface area (Å²) in [5.74, 6) is -0.438. The van der Waals surface area contributed by atoms with Gasteiger partial charge in [-0.25, -0.2) is 9.69 Å². The van der Waals surface area contributed by atoms with Crippen LogP contribution >= 0.6 is 15.9 Å². The minimum Gasteiger partial charge on any atom is -0.507 e. The fourth-order valence-electron chi connectivity index (χ4n) is 2.14. The van der Waals surface area contributed by atoms with Gasteiger partial charge in [0.05, 0.1) is 5.69 Å². The van der Waals surface area contributed by atoms with Crippen LogP contribution in [0.25, 0.3) is 6.08 Å². The molecule has 2 N–H and O–H groups in total. The van der Waals surface area contributed by atoms with E-state index >= 15 is 0 Å². The van der Waals surface area contributed by atoms with Gasteiger partial charge < -0.3 is 10.4 Å². The molecular weight excluding hydrogens is 348 g/mol. The number of nitrogens with zero attached hydrogens (tertiary/aromatic N) is 1. The zero-order valence-electron chi connectivity index (χ0n) is 11.3. The smallest absolute Gasteiger partial charge is 0.333 e. The van der Waals surface area contributed by atoms with Crippen molar-refractivity contribution in [3.05, 3.63) is 64.3 Å². The van der Waals surface area contributed by atoms with E-state index < -0.39 is 11.9 Å². The number of imide groups is 1. The lowest BCUT2D eigenvalue weighted by Gasteiger charge is -2.10. The molecule has 1 aliphatic rings. The normalized spacial score (nSPS) is 16.2. The van der Waals surface area contributed by atoms with Gasteiger partial charge in [-0.1, -0.05) is 34.1 Å². The summed E-state index contributed by atoms with van der Waals surface area (Å²) in [6.45, 7) is 0. The van der Waals surface area contributed by atoms with E-state index in [4.69, 9.17) is 0 Å². The molecule has 1 saturated heterocycles. The summed E-state index contributed by atoms with van der Waals surface area (Å²) in [5.41, 5.74) is 1.04. The van der Waals surface area contributed by atoms with Crippen LogP contribution in [0.2, 0.25) is 0 Å². The van der Waals surface area contributed by atoms with Gasteiger partial charge in [0.25, 0.3) is 5.91 Å². The Balaban J connectivity index is 1.97. The molecule has 22 heavy (non-hydrogen) atoms. The van der Waals surface area contributed by atoms with E-state index in [2.05, 4.69) is 21.2 Å². The van der Waals surface area contributed by atoms with Crippen LogP contribution < -0.4 is 10.2 Å². The van der Waals surface area contributed by atoms with Crippen molar-refractivity contribution in [2.45, 2.75) is 0 Å². The summed E-state index contributed by atoms with van der Waals surface area (Å²) in [4.78, 5) is 25.5. The molecule has 2 aromatic rings. The summed E-state index contributed by atoms with van der Waals surface area (Å²) >= 11 is 3.30. The van der Waals surface area contributed by atoms with E-state index in [1.54, 1.807) is 42.5 Å². The van der Waals surface area contributed by atoms with E-state index in [-0.39, 0.29) is 11.4 Å². The number of carbonyl (C=O) groups excluding carboxylic acids is 2. The third-order valence-corrected chi connectivity index (χ3v) is 3.68. The first-order valence-electron chi connectivity index (χ1n) is 6.47. The Labute approximate surface area is 135 Å². The average molecular weight is 359 g/mol. The quantitative estimate of drug-likeness (QED) is 0.639. The monoisotopic (exact) mass is 358 g/mol. The second-order valence-electron chi connectivity index (χ2n) is 4.67. The van der Waals surface area contributed by atoms with Gasteiger partial charge in [-0.2, -0.15) is 0 Å². The molecule has 1 fully saturated rings. The van der Waals surface area contributed by atoms with E-state index in [0.29, 0.717) is 11.3 Å². The first-order valence-corrected chi connectivity index (χ1v) is 7.26. The van der Waals surface area contributed by atoms with Crippen LogP contribution in [0, 0.1) is 0 Å². The second kappa shape index (κ2) is 5.65. The van der Waals surface area contributed by atoms with E-state index in [9.17, 15) is 14.7 Å². The van der Waals surface area contributed by atoms with Gasteiger partial charge in [0.1, 0.15) is 11.4 Å². The molecular formula is C16H11BrN2O3. The average Bonchev–Trinajstić information content (AvgIpc) is 2.78. The molecule has 2 aromatic carbocycles. The number of amides is 3. The third kappa shape index (κ3) is 2.60. The minimum atomic E-state index is -0.517. The van der Waals surface area contributed by atoms with Crippen molar-refractivity contribution in [3.63, 3.8) is 0 Å². The number of phenolic OH excluding ortho intramolecular Hbond substituents is 1. The summed E-state index contributed by atoms with van der Waals surface area (Å²) < 4.78 is 0.758. The van der Waals surface area contributed by atoms with Gasteiger partial charge in [0.15, 0.2) is 0 Å². The van der Waals surface area contributed by atoms with Gasteiger partial charge in [-0.15, -0.1) is 0 Å². The Morgan fingerprint density at radius 3 is 2.55 bits per heavy atom. The maximum absolute atomic E-state index is 12.4. The molecule has 3 rings (SSSR count). The number of benzene rings is 2. The lowest BCUT2D eigenvalue weighted by atomic mass is 10.1. The van der Waals surface area contributed by atoms with Crippen molar-refractivity contribution < 1.29 is 14.7 Å². The molecule has 6 heteroatoms. The highest BCUT2D eigenvalue weighted by atomic mass is 79.9. The first-order chi connectivity index (χ1) is 10.6. The number of rotatable bonds is 2. The number of aromatic hydroxyl groups is 1. The Hall–Kier alpha value is -2.60. The molecule has 0 aromatic heterocycles. The molecule has 0 radical (unpaired) electrons. The Morgan fingerprint density at radius 2 is 1.82 bits per heavy atom. The van der Waals surface area contributed by atoms with Crippen LogP contribution in [0.3, 0.4) is 0 Å². The Kier molecular flexibility index (Phi) is 3.68. The summed E-state index contributed by atoms with van der Waals surface area (Å²) in [7, 11) is 0. The number of halogens is 1. The molecule has 1 aliphatic heterocycles. The predicted octanol–water partition coefficient (Wildman–Crippen LogP) is 3.25. The fraction of sp³-hybridized carbons (Fsp3) is 0. The highest BCUT2D eigenvalue weighted by Crippen LogP contribution is 2.26. The standard InChI is InChI=1S/C16H11BrN2O3/c17-11-6-7-14(20)10(8-11)9-13-15(21)19(16(22)18-13)12-4-2-1-3-5-12/h1-9,20H,(H,18,22)/b13-9+. The number of urea groups is 1. The zero-order valence-corrected chi connectivity index (χ0v) is 12.9. The molecule has 0 unspecified atom stereocenters. The van der Waals surface area contributed by atoms with Crippen molar-refractivity contribution in [3.8, 4) is 5.75 Å². The molecule has 0 bridgehead atoms. The lowest BCUT2D eigenvalue weighted by Crippen LogP contribution is -2.30. The minimum absolute atomic E-state index is 0.0240. The van der Waals surface area contributed by atoms with Gasteiger partial charge in [0.2, 0.25) is 0 Å². The number of anilines is 1. The molecule has 3 amide bonds. The summed E-state index contributed by atoms with van der Waals surface area (Å²) in [6, 6.07) is 13.0.